The molecule has 1 atom stereocenters. The maximum absolute atomic E-state index is 11.6. The summed E-state index contributed by atoms with van der Waals surface area (Å²) in [5.41, 5.74) is 4.90. The summed E-state index contributed by atoms with van der Waals surface area (Å²) < 4.78 is 4.83. The summed E-state index contributed by atoms with van der Waals surface area (Å²) in [5.74, 6) is -2.09. The number of hydrogen-bond donors (Lipinski definition) is 3. The first kappa shape index (κ1) is 16.2. The fraction of sp³-hybridized carbons (Fsp3) is 0.700. The van der Waals surface area contributed by atoms with Crippen molar-refractivity contribution in [3.8, 4) is 0 Å². The Bertz CT molecular complexity index is 308. The van der Waals surface area contributed by atoms with Crippen LogP contribution >= 0.6 is 0 Å². The van der Waals surface area contributed by atoms with Gasteiger partial charge < -0.3 is 25.8 Å². The molecule has 0 aromatic heterocycles. The van der Waals surface area contributed by atoms with Crippen LogP contribution in [-0.2, 0) is 14.3 Å². The van der Waals surface area contributed by atoms with Gasteiger partial charge in [0.05, 0.1) is 6.42 Å². The highest BCUT2D eigenvalue weighted by Crippen LogP contribution is 1.95. The van der Waals surface area contributed by atoms with E-state index < -0.39 is 30.4 Å². The van der Waals surface area contributed by atoms with Gasteiger partial charge in [0, 0.05) is 27.3 Å². The van der Waals surface area contributed by atoms with Crippen molar-refractivity contribution >= 4 is 17.9 Å². The SMILES string of the molecule is COCCCN(C)C(=O)N[C@@H](CC(N)=O)C(=O)O. The summed E-state index contributed by atoms with van der Waals surface area (Å²) >= 11 is 0. The minimum Gasteiger partial charge on any atom is -0.480 e. The van der Waals surface area contributed by atoms with Crippen LogP contribution in [0.1, 0.15) is 12.8 Å². The summed E-state index contributed by atoms with van der Waals surface area (Å²) in [5, 5.41) is 11.0. The second kappa shape index (κ2) is 8.29. The lowest BCUT2D eigenvalue weighted by Crippen LogP contribution is -2.48. The van der Waals surface area contributed by atoms with Gasteiger partial charge >= 0.3 is 12.0 Å². The molecule has 0 aromatic rings. The molecule has 104 valence electrons. The van der Waals surface area contributed by atoms with E-state index in [9.17, 15) is 14.4 Å². The normalized spacial score (nSPS) is 11.7. The molecule has 0 spiro atoms. The number of methoxy groups -OCH3 is 1. The molecule has 0 radical (unpaired) electrons. The number of amides is 3. The number of urea groups is 1. The lowest BCUT2D eigenvalue weighted by molar-refractivity contribution is -0.140. The molecule has 4 N–H and O–H groups in total. The molecule has 0 saturated heterocycles. The molecule has 0 rings (SSSR count). The van der Waals surface area contributed by atoms with Gasteiger partial charge in [0.2, 0.25) is 5.91 Å². The highest BCUT2D eigenvalue weighted by atomic mass is 16.5. The smallest absolute Gasteiger partial charge is 0.326 e. The number of carboxylic acids is 1. The van der Waals surface area contributed by atoms with Crippen LogP contribution in [0, 0.1) is 0 Å². The third-order valence-corrected chi connectivity index (χ3v) is 2.19. The predicted octanol–water partition coefficient (Wildman–Crippen LogP) is -1.01. The Morgan fingerprint density at radius 3 is 2.50 bits per heavy atom. The number of hydrogen-bond acceptors (Lipinski definition) is 4. The highest BCUT2D eigenvalue weighted by Gasteiger charge is 2.23. The van der Waals surface area contributed by atoms with Gasteiger partial charge in [0.25, 0.3) is 0 Å². The van der Waals surface area contributed by atoms with E-state index >= 15 is 0 Å². The third kappa shape index (κ3) is 6.69. The van der Waals surface area contributed by atoms with Gasteiger partial charge in [-0.15, -0.1) is 0 Å². The number of carbonyl (C=O) groups excluding carboxylic acids is 2. The van der Waals surface area contributed by atoms with Crippen LogP contribution in [0.25, 0.3) is 0 Å². The number of carboxylic acid groups (broad SMARTS) is 1. The fourth-order valence-corrected chi connectivity index (χ4v) is 1.21. The third-order valence-electron chi connectivity index (χ3n) is 2.19. The van der Waals surface area contributed by atoms with Gasteiger partial charge in [-0.2, -0.15) is 0 Å². The zero-order chi connectivity index (χ0) is 14.1. The molecule has 3 amide bonds. The number of carbonyl (C=O) groups is 3. The standard InChI is InChI=1S/C10H19N3O5/c1-13(4-3-5-18-2)10(17)12-7(9(15)16)6-8(11)14/h7H,3-6H2,1-2H3,(H2,11,14)(H,12,17)(H,15,16)/t7-/m0/s1. The fourth-order valence-electron chi connectivity index (χ4n) is 1.21. The monoisotopic (exact) mass is 261 g/mol. The minimum absolute atomic E-state index is 0.419. The zero-order valence-electron chi connectivity index (χ0n) is 10.5. The first-order valence-electron chi connectivity index (χ1n) is 5.40. The van der Waals surface area contributed by atoms with Crippen molar-refractivity contribution in [3.05, 3.63) is 0 Å². The first-order valence-corrected chi connectivity index (χ1v) is 5.40. The van der Waals surface area contributed by atoms with E-state index in [1.165, 1.54) is 11.9 Å². The Labute approximate surface area is 105 Å². The van der Waals surface area contributed by atoms with Crippen LogP contribution < -0.4 is 11.1 Å². The van der Waals surface area contributed by atoms with E-state index in [1.807, 2.05) is 0 Å². The summed E-state index contributed by atoms with van der Waals surface area (Å²) in [6.07, 6.45) is 0.195. The van der Waals surface area contributed by atoms with Crippen molar-refractivity contribution in [2.75, 3.05) is 27.3 Å². The average Bonchev–Trinajstić information content (AvgIpc) is 2.27. The Balaban J connectivity index is 4.23. The van der Waals surface area contributed by atoms with Gasteiger partial charge in [0.1, 0.15) is 6.04 Å². The maximum Gasteiger partial charge on any atom is 0.326 e. The molecule has 0 bridgehead atoms. The second-order valence-electron chi connectivity index (χ2n) is 3.78. The van der Waals surface area contributed by atoms with Crippen LogP contribution in [-0.4, -0.2) is 61.3 Å². The molecular weight excluding hydrogens is 242 g/mol. The first-order chi connectivity index (χ1) is 8.38. The summed E-state index contributed by atoms with van der Waals surface area (Å²) in [7, 11) is 3.07. The van der Waals surface area contributed by atoms with E-state index in [4.69, 9.17) is 15.6 Å². The van der Waals surface area contributed by atoms with Crippen LogP contribution in [0.3, 0.4) is 0 Å². The van der Waals surface area contributed by atoms with E-state index in [0.717, 1.165) is 0 Å². The van der Waals surface area contributed by atoms with Gasteiger partial charge in [0.15, 0.2) is 0 Å². The largest absolute Gasteiger partial charge is 0.480 e. The molecule has 0 heterocycles. The Hall–Kier alpha value is -1.83. The highest BCUT2D eigenvalue weighted by molar-refractivity contribution is 5.87. The van der Waals surface area contributed by atoms with Crippen molar-refractivity contribution in [1.82, 2.24) is 10.2 Å². The molecule has 8 heteroatoms. The van der Waals surface area contributed by atoms with Crippen molar-refractivity contribution in [2.24, 2.45) is 5.73 Å². The number of primary amides is 1. The Morgan fingerprint density at radius 2 is 2.06 bits per heavy atom. The number of nitrogens with zero attached hydrogens (tertiary/aromatic N) is 1. The van der Waals surface area contributed by atoms with Crippen LogP contribution in [0.15, 0.2) is 0 Å². The van der Waals surface area contributed by atoms with Crippen LogP contribution in [0.5, 0.6) is 0 Å². The zero-order valence-corrected chi connectivity index (χ0v) is 10.5. The van der Waals surface area contributed by atoms with Crippen molar-refractivity contribution in [1.29, 1.82) is 0 Å². The van der Waals surface area contributed by atoms with Gasteiger partial charge in [-0.1, -0.05) is 0 Å². The topological polar surface area (TPSA) is 122 Å². The molecule has 8 nitrogen and oxygen atoms in total. The molecule has 0 fully saturated rings. The lowest BCUT2D eigenvalue weighted by atomic mass is 10.2. The quantitative estimate of drug-likeness (QED) is 0.483. The number of rotatable bonds is 8. The van der Waals surface area contributed by atoms with E-state index in [0.29, 0.717) is 19.6 Å². The van der Waals surface area contributed by atoms with Crippen molar-refractivity contribution in [3.63, 3.8) is 0 Å². The van der Waals surface area contributed by atoms with Gasteiger partial charge in [-0.25, -0.2) is 9.59 Å². The molecule has 0 saturated carbocycles. The van der Waals surface area contributed by atoms with Gasteiger partial charge in [-0.3, -0.25) is 4.79 Å². The number of ether oxygens (including phenoxy) is 1. The minimum atomic E-state index is -1.31. The van der Waals surface area contributed by atoms with Crippen molar-refractivity contribution < 1.29 is 24.2 Å². The molecule has 0 unspecified atom stereocenters. The van der Waals surface area contributed by atoms with Gasteiger partial charge in [-0.05, 0) is 6.42 Å². The second-order valence-corrected chi connectivity index (χ2v) is 3.78. The van der Waals surface area contributed by atoms with Crippen LogP contribution in [0.2, 0.25) is 0 Å². The molecule has 0 aliphatic rings. The summed E-state index contributed by atoms with van der Waals surface area (Å²) in [6.45, 7) is 0.920. The number of nitrogens with one attached hydrogen (secondary N) is 1. The van der Waals surface area contributed by atoms with Crippen LogP contribution in [0.4, 0.5) is 4.79 Å². The molecule has 0 aromatic carbocycles. The van der Waals surface area contributed by atoms with Crippen molar-refractivity contribution in [2.45, 2.75) is 18.9 Å². The summed E-state index contributed by atoms with van der Waals surface area (Å²) in [4.78, 5) is 34.4. The van der Waals surface area contributed by atoms with E-state index in [1.54, 1.807) is 7.11 Å². The Morgan fingerprint density at radius 1 is 1.44 bits per heavy atom. The molecule has 18 heavy (non-hydrogen) atoms. The van der Waals surface area contributed by atoms with E-state index in [-0.39, 0.29) is 0 Å². The molecule has 0 aliphatic heterocycles. The average molecular weight is 261 g/mol. The van der Waals surface area contributed by atoms with E-state index in [2.05, 4.69) is 5.32 Å². The Kier molecular flexibility index (Phi) is 7.45. The predicted molar refractivity (Wildman–Crippen MR) is 62.9 cm³/mol. The maximum atomic E-state index is 11.6. The summed E-state index contributed by atoms with van der Waals surface area (Å²) in [6, 6.07) is -1.88. The number of aliphatic carboxylic acids is 1. The number of nitrogens with two attached hydrogens (primary N) is 1. The lowest BCUT2D eigenvalue weighted by Gasteiger charge is -2.20. The molecular formula is C10H19N3O5. The molecule has 0 aliphatic carbocycles.